The summed E-state index contributed by atoms with van der Waals surface area (Å²) in [5, 5.41) is 11.3. The Kier molecular flexibility index (Phi) is 5.68. The Morgan fingerprint density at radius 1 is 1.15 bits per heavy atom. The monoisotopic (exact) mass is 368 g/mol. The van der Waals surface area contributed by atoms with Crippen LogP contribution in [0.5, 0.6) is 0 Å². The molecule has 26 heavy (non-hydrogen) atoms. The summed E-state index contributed by atoms with van der Waals surface area (Å²) in [6.07, 6.45) is 0. The Balaban J connectivity index is 1.69. The van der Waals surface area contributed by atoms with E-state index in [1.54, 1.807) is 18.4 Å². The largest absolute Gasteiger partial charge is 0.352 e. The highest BCUT2D eigenvalue weighted by molar-refractivity contribution is 7.09. The number of aliphatic imine (C=N–C) groups is 1. The molecule has 0 saturated heterocycles. The standard InChI is InChI=1S/C19H24N6S/c1-13-9-14(2)25(24-13)17-8-6-5-7-16(17)10-21-19(20-4)22-11-18-15(3)23-12-26-18/h5-9,12H,10-11H2,1-4H3,(H2,20,21,22). The van der Waals surface area contributed by atoms with Crippen molar-refractivity contribution in [2.75, 3.05) is 7.05 Å². The molecule has 0 atom stereocenters. The van der Waals surface area contributed by atoms with Crippen LogP contribution in [0, 0.1) is 20.8 Å². The minimum absolute atomic E-state index is 0.663. The highest BCUT2D eigenvalue weighted by atomic mass is 32.1. The number of guanidine groups is 1. The number of thiazole rings is 1. The maximum absolute atomic E-state index is 4.61. The molecule has 0 aliphatic rings. The number of aryl methyl sites for hydroxylation is 3. The van der Waals surface area contributed by atoms with E-state index in [2.05, 4.69) is 50.8 Å². The molecule has 0 aliphatic carbocycles. The first-order chi connectivity index (χ1) is 12.6. The lowest BCUT2D eigenvalue weighted by atomic mass is 10.1. The molecule has 0 aliphatic heterocycles. The van der Waals surface area contributed by atoms with E-state index >= 15 is 0 Å². The molecule has 3 aromatic rings. The second-order valence-electron chi connectivity index (χ2n) is 6.11. The zero-order valence-corrected chi connectivity index (χ0v) is 16.4. The van der Waals surface area contributed by atoms with Gasteiger partial charge in [-0.05, 0) is 38.5 Å². The van der Waals surface area contributed by atoms with Crippen LogP contribution < -0.4 is 10.6 Å². The van der Waals surface area contributed by atoms with E-state index in [4.69, 9.17) is 0 Å². The summed E-state index contributed by atoms with van der Waals surface area (Å²) in [6, 6.07) is 10.4. The van der Waals surface area contributed by atoms with Crippen molar-refractivity contribution in [3.05, 3.63) is 63.4 Å². The van der Waals surface area contributed by atoms with Gasteiger partial charge in [0.1, 0.15) is 0 Å². The molecule has 2 heterocycles. The van der Waals surface area contributed by atoms with Gasteiger partial charge in [0.25, 0.3) is 0 Å². The summed E-state index contributed by atoms with van der Waals surface area (Å²) in [4.78, 5) is 9.81. The van der Waals surface area contributed by atoms with Gasteiger partial charge in [-0.25, -0.2) is 9.67 Å². The summed E-state index contributed by atoms with van der Waals surface area (Å²) in [6.45, 7) is 7.49. The first-order valence-electron chi connectivity index (χ1n) is 8.53. The van der Waals surface area contributed by atoms with Gasteiger partial charge in [0, 0.05) is 24.2 Å². The van der Waals surface area contributed by atoms with Gasteiger partial charge in [0.15, 0.2) is 5.96 Å². The Morgan fingerprint density at radius 2 is 1.92 bits per heavy atom. The normalized spacial score (nSPS) is 11.6. The summed E-state index contributed by atoms with van der Waals surface area (Å²) in [5.41, 5.74) is 7.32. The van der Waals surface area contributed by atoms with Gasteiger partial charge in [0.2, 0.25) is 0 Å². The third-order valence-electron chi connectivity index (χ3n) is 4.16. The SMILES string of the molecule is CN=C(NCc1ccccc1-n1nc(C)cc1C)NCc1scnc1C. The van der Waals surface area contributed by atoms with Crippen molar-refractivity contribution in [3.8, 4) is 5.69 Å². The van der Waals surface area contributed by atoms with E-state index in [-0.39, 0.29) is 0 Å². The fourth-order valence-corrected chi connectivity index (χ4v) is 3.52. The Labute approximate surface area is 158 Å². The van der Waals surface area contributed by atoms with Gasteiger partial charge < -0.3 is 10.6 Å². The van der Waals surface area contributed by atoms with E-state index in [1.807, 2.05) is 36.2 Å². The second-order valence-corrected chi connectivity index (χ2v) is 7.05. The van der Waals surface area contributed by atoms with Crippen LogP contribution >= 0.6 is 11.3 Å². The van der Waals surface area contributed by atoms with Crippen molar-refractivity contribution in [2.24, 2.45) is 4.99 Å². The molecule has 0 fully saturated rings. The topological polar surface area (TPSA) is 67.1 Å². The van der Waals surface area contributed by atoms with Gasteiger partial charge in [-0.15, -0.1) is 11.3 Å². The Hall–Kier alpha value is -2.67. The average molecular weight is 369 g/mol. The molecule has 0 spiro atoms. The molecule has 0 unspecified atom stereocenters. The van der Waals surface area contributed by atoms with Crippen LogP contribution in [-0.4, -0.2) is 27.8 Å². The highest BCUT2D eigenvalue weighted by Crippen LogP contribution is 2.17. The molecule has 136 valence electrons. The first kappa shape index (κ1) is 18.1. The van der Waals surface area contributed by atoms with E-state index in [9.17, 15) is 0 Å². The third-order valence-corrected chi connectivity index (χ3v) is 5.10. The van der Waals surface area contributed by atoms with Gasteiger partial charge in [0.05, 0.1) is 29.1 Å². The Bertz CT molecular complexity index is 908. The molecular weight excluding hydrogens is 344 g/mol. The zero-order valence-electron chi connectivity index (χ0n) is 15.6. The van der Waals surface area contributed by atoms with Crippen LogP contribution in [0.15, 0.2) is 40.8 Å². The fraction of sp³-hybridized carbons (Fsp3) is 0.316. The molecule has 1 aromatic carbocycles. The van der Waals surface area contributed by atoms with Crippen LogP contribution in [0.2, 0.25) is 0 Å². The number of nitrogens with one attached hydrogen (secondary N) is 2. The molecule has 2 aromatic heterocycles. The molecule has 6 nitrogen and oxygen atoms in total. The second kappa shape index (κ2) is 8.14. The molecular formula is C19H24N6S. The summed E-state index contributed by atoms with van der Waals surface area (Å²) < 4.78 is 1.99. The van der Waals surface area contributed by atoms with E-state index in [0.29, 0.717) is 6.54 Å². The number of benzene rings is 1. The predicted octanol–water partition coefficient (Wildman–Crippen LogP) is 3.12. The number of rotatable bonds is 5. The maximum atomic E-state index is 4.61. The molecule has 0 bridgehead atoms. The highest BCUT2D eigenvalue weighted by Gasteiger charge is 2.09. The summed E-state index contributed by atoms with van der Waals surface area (Å²) in [7, 11) is 1.78. The van der Waals surface area contributed by atoms with Gasteiger partial charge in [-0.1, -0.05) is 18.2 Å². The molecule has 0 amide bonds. The van der Waals surface area contributed by atoms with Crippen LogP contribution in [0.1, 0.15) is 27.5 Å². The minimum Gasteiger partial charge on any atom is -0.352 e. The fourth-order valence-electron chi connectivity index (χ4n) is 2.80. The molecule has 7 heteroatoms. The quantitative estimate of drug-likeness (QED) is 0.536. The van der Waals surface area contributed by atoms with Crippen molar-refractivity contribution in [1.82, 2.24) is 25.4 Å². The number of para-hydroxylation sites is 1. The molecule has 3 rings (SSSR count). The zero-order chi connectivity index (χ0) is 18.5. The van der Waals surface area contributed by atoms with E-state index in [0.717, 1.165) is 40.8 Å². The van der Waals surface area contributed by atoms with Crippen molar-refractivity contribution in [2.45, 2.75) is 33.9 Å². The number of hydrogen-bond donors (Lipinski definition) is 2. The van der Waals surface area contributed by atoms with E-state index in [1.165, 1.54) is 4.88 Å². The number of nitrogens with zero attached hydrogens (tertiary/aromatic N) is 4. The lowest BCUT2D eigenvalue weighted by Gasteiger charge is -2.15. The van der Waals surface area contributed by atoms with Gasteiger partial charge in [-0.3, -0.25) is 4.99 Å². The van der Waals surface area contributed by atoms with E-state index < -0.39 is 0 Å². The molecule has 2 N–H and O–H groups in total. The van der Waals surface area contributed by atoms with Crippen LogP contribution in [-0.2, 0) is 13.1 Å². The van der Waals surface area contributed by atoms with Crippen molar-refractivity contribution < 1.29 is 0 Å². The first-order valence-corrected chi connectivity index (χ1v) is 9.41. The van der Waals surface area contributed by atoms with Crippen molar-refractivity contribution in [1.29, 1.82) is 0 Å². The summed E-state index contributed by atoms with van der Waals surface area (Å²) in [5.74, 6) is 0.765. The maximum Gasteiger partial charge on any atom is 0.191 e. The van der Waals surface area contributed by atoms with Crippen molar-refractivity contribution >= 4 is 17.3 Å². The van der Waals surface area contributed by atoms with Gasteiger partial charge in [-0.2, -0.15) is 5.10 Å². The predicted molar refractivity (Wildman–Crippen MR) is 107 cm³/mol. The average Bonchev–Trinajstić information content (AvgIpc) is 3.20. The van der Waals surface area contributed by atoms with Gasteiger partial charge >= 0.3 is 0 Å². The summed E-state index contributed by atoms with van der Waals surface area (Å²) >= 11 is 1.65. The lowest BCUT2D eigenvalue weighted by molar-refractivity contribution is 0.782. The molecule has 0 saturated carbocycles. The van der Waals surface area contributed by atoms with Crippen molar-refractivity contribution in [3.63, 3.8) is 0 Å². The van der Waals surface area contributed by atoms with Crippen LogP contribution in [0.3, 0.4) is 0 Å². The third kappa shape index (κ3) is 4.11. The van der Waals surface area contributed by atoms with Crippen LogP contribution in [0.4, 0.5) is 0 Å². The number of aromatic nitrogens is 3. The minimum atomic E-state index is 0.663. The van der Waals surface area contributed by atoms with Crippen LogP contribution in [0.25, 0.3) is 5.69 Å². The smallest absolute Gasteiger partial charge is 0.191 e. The molecule has 0 radical (unpaired) electrons. The number of hydrogen-bond acceptors (Lipinski definition) is 4. The lowest BCUT2D eigenvalue weighted by Crippen LogP contribution is -2.36. The Morgan fingerprint density at radius 3 is 2.58 bits per heavy atom.